The van der Waals surface area contributed by atoms with Gasteiger partial charge in [0.15, 0.2) is 6.10 Å². The van der Waals surface area contributed by atoms with E-state index < -0.39 is 12.1 Å². The summed E-state index contributed by atoms with van der Waals surface area (Å²) < 4.78 is 21.1. The molecule has 0 aliphatic rings. The van der Waals surface area contributed by atoms with Crippen LogP contribution >= 0.6 is 11.6 Å². The quantitative estimate of drug-likeness (QED) is 0.709. The Hall–Kier alpha value is -2.40. The highest BCUT2D eigenvalue weighted by Crippen LogP contribution is 2.24. The van der Waals surface area contributed by atoms with Crippen LogP contribution in [0.2, 0.25) is 5.02 Å². The van der Waals surface area contributed by atoms with E-state index in [0.29, 0.717) is 27.8 Å². The van der Waals surface area contributed by atoms with Crippen molar-refractivity contribution >= 4 is 17.6 Å². The van der Waals surface area contributed by atoms with Crippen LogP contribution in [0.4, 0.5) is 0 Å². The number of carbonyl (C=O) groups excluding carboxylic acids is 1. The summed E-state index contributed by atoms with van der Waals surface area (Å²) in [6, 6.07) is 12.1. The summed E-state index contributed by atoms with van der Waals surface area (Å²) in [4.78, 5) is 12.1. The molecular weight excluding hydrogens is 332 g/mol. The zero-order chi connectivity index (χ0) is 17.5. The topological polar surface area (TPSA) is 54.0 Å². The molecule has 1 unspecified atom stereocenters. The average molecular weight is 351 g/mol. The predicted octanol–water partition coefficient (Wildman–Crippen LogP) is 3.87. The zero-order valence-corrected chi connectivity index (χ0v) is 14.5. The highest BCUT2D eigenvalue weighted by molar-refractivity contribution is 6.30. The maximum Gasteiger partial charge on any atom is 0.347 e. The van der Waals surface area contributed by atoms with Crippen LogP contribution in [0.25, 0.3) is 0 Å². The van der Waals surface area contributed by atoms with Crippen LogP contribution in [-0.4, -0.2) is 26.3 Å². The van der Waals surface area contributed by atoms with Crippen molar-refractivity contribution < 1.29 is 23.7 Å². The van der Waals surface area contributed by atoms with Crippen molar-refractivity contribution in [2.45, 2.75) is 19.6 Å². The third-order valence-corrected chi connectivity index (χ3v) is 3.55. The van der Waals surface area contributed by atoms with Crippen molar-refractivity contribution in [3.8, 4) is 17.2 Å². The van der Waals surface area contributed by atoms with E-state index >= 15 is 0 Å². The molecule has 0 radical (unpaired) electrons. The van der Waals surface area contributed by atoms with Gasteiger partial charge in [-0.2, -0.15) is 0 Å². The molecule has 2 aromatic carbocycles. The molecule has 24 heavy (non-hydrogen) atoms. The van der Waals surface area contributed by atoms with Crippen molar-refractivity contribution in [2.75, 3.05) is 14.2 Å². The Kier molecular flexibility index (Phi) is 6.32. The Morgan fingerprint density at radius 3 is 2.33 bits per heavy atom. The van der Waals surface area contributed by atoms with Gasteiger partial charge in [0.1, 0.15) is 23.9 Å². The summed E-state index contributed by atoms with van der Waals surface area (Å²) in [5, 5.41) is 0.546. The van der Waals surface area contributed by atoms with Gasteiger partial charge in [-0.25, -0.2) is 4.79 Å². The summed E-state index contributed by atoms with van der Waals surface area (Å²) in [6.45, 7) is 1.68. The van der Waals surface area contributed by atoms with Gasteiger partial charge in [0.2, 0.25) is 0 Å². The molecule has 0 heterocycles. The summed E-state index contributed by atoms with van der Waals surface area (Å²) in [6.07, 6.45) is -0.747. The second-order valence-electron chi connectivity index (χ2n) is 5.00. The molecule has 2 aromatic rings. The third-order valence-electron chi connectivity index (χ3n) is 3.32. The van der Waals surface area contributed by atoms with Crippen molar-refractivity contribution in [3.05, 3.63) is 53.1 Å². The van der Waals surface area contributed by atoms with E-state index in [0.717, 1.165) is 0 Å². The number of rotatable bonds is 7. The minimum atomic E-state index is -0.747. The lowest BCUT2D eigenvalue weighted by Gasteiger charge is -2.15. The van der Waals surface area contributed by atoms with Gasteiger partial charge in [-0.05, 0) is 49.4 Å². The number of carbonyl (C=O) groups is 1. The molecule has 0 aromatic heterocycles. The largest absolute Gasteiger partial charge is 0.497 e. The van der Waals surface area contributed by atoms with Gasteiger partial charge >= 0.3 is 5.97 Å². The molecule has 6 heteroatoms. The maximum absolute atomic E-state index is 12.1. The Labute approximate surface area is 146 Å². The van der Waals surface area contributed by atoms with Crippen molar-refractivity contribution in [3.63, 3.8) is 0 Å². The molecular formula is C18H19ClO5. The number of ether oxygens (including phenoxy) is 4. The fourth-order valence-electron chi connectivity index (χ4n) is 2.03. The first-order chi connectivity index (χ1) is 11.5. The Balaban J connectivity index is 1.92. The molecule has 1 atom stereocenters. The number of benzene rings is 2. The molecule has 128 valence electrons. The van der Waals surface area contributed by atoms with Crippen LogP contribution in [0.15, 0.2) is 42.5 Å². The third kappa shape index (κ3) is 4.80. The standard InChI is InChI=1S/C18H19ClO5/c1-12(24-16-7-5-15(21-2)6-8-16)18(20)23-11-13-10-14(19)4-9-17(13)22-3/h4-10,12H,11H2,1-3H3. The first-order valence-corrected chi connectivity index (χ1v) is 7.71. The summed E-state index contributed by atoms with van der Waals surface area (Å²) in [5.41, 5.74) is 0.690. The summed E-state index contributed by atoms with van der Waals surface area (Å²) >= 11 is 5.95. The normalized spacial score (nSPS) is 11.5. The van der Waals surface area contributed by atoms with E-state index in [1.54, 1.807) is 63.6 Å². The van der Waals surface area contributed by atoms with E-state index in [2.05, 4.69) is 0 Å². The van der Waals surface area contributed by atoms with Gasteiger partial charge in [0, 0.05) is 10.6 Å². The van der Waals surface area contributed by atoms with Gasteiger partial charge in [-0.3, -0.25) is 0 Å². The number of methoxy groups -OCH3 is 2. The second kappa shape index (κ2) is 8.45. The lowest BCUT2D eigenvalue weighted by molar-refractivity contribution is -0.152. The monoisotopic (exact) mass is 350 g/mol. The predicted molar refractivity (Wildman–Crippen MR) is 90.9 cm³/mol. The van der Waals surface area contributed by atoms with Crippen LogP contribution in [0, 0.1) is 0 Å². The van der Waals surface area contributed by atoms with Crippen LogP contribution in [0.1, 0.15) is 12.5 Å². The van der Waals surface area contributed by atoms with Crippen molar-refractivity contribution in [2.24, 2.45) is 0 Å². The van der Waals surface area contributed by atoms with E-state index in [1.807, 2.05) is 0 Å². The van der Waals surface area contributed by atoms with Crippen molar-refractivity contribution in [1.82, 2.24) is 0 Å². The Bertz CT molecular complexity index is 684. The van der Waals surface area contributed by atoms with Gasteiger partial charge in [0.25, 0.3) is 0 Å². The lowest BCUT2D eigenvalue weighted by Crippen LogP contribution is -2.26. The molecule has 0 bridgehead atoms. The number of esters is 1. The molecule has 5 nitrogen and oxygen atoms in total. The first kappa shape index (κ1) is 17.9. The fourth-order valence-corrected chi connectivity index (χ4v) is 2.23. The summed E-state index contributed by atoms with van der Waals surface area (Å²) in [5.74, 6) is 1.40. The van der Waals surface area contributed by atoms with Crippen LogP contribution in [-0.2, 0) is 16.1 Å². The number of halogens is 1. The molecule has 0 amide bonds. The van der Waals surface area contributed by atoms with Gasteiger partial charge in [-0.1, -0.05) is 11.6 Å². The number of hydrogen-bond donors (Lipinski definition) is 0. The lowest BCUT2D eigenvalue weighted by atomic mass is 10.2. The van der Waals surface area contributed by atoms with Gasteiger partial charge in [-0.15, -0.1) is 0 Å². The molecule has 0 saturated heterocycles. The van der Waals surface area contributed by atoms with Gasteiger partial charge < -0.3 is 18.9 Å². The van der Waals surface area contributed by atoms with Crippen LogP contribution < -0.4 is 14.2 Å². The van der Waals surface area contributed by atoms with Gasteiger partial charge in [0.05, 0.1) is 14.2 Å². The molecule has 0 N–H and O–H groups in total. The molecule has 0 saturated carbocycles. The molecule has 0 fully saturated rings. The SMILES string of the molecule is COc1ccc(OC(C)C(=O)OCc2cc(Cl)ccc2OC)cc1. The van der Waals surface area contributed by atoms with Crippen LogP contribution in [0.3, 0.4) is 0 Å². The molecule has 2 rings (SSSR count). The zero-order valence-electron chi connectivity index (χ0n) is 13.7. The molecule has 0 aliphatic heterocycles. The Morgan fingerprint density at radius 2 is 1.71 bits per heavy atom. The minimum Gasteiger partial charge on any atom is -0.497 e. The highest BCUT2D eigenvalue weighted by Gasteiger charge is 2.17. The van der Waals surface area contributed by atoms with Crippen LogP contribution in [0.5, 0.6) is 17.2 Å². The van der Waals surface area contributed by atoms with E-state index in [4.69, 9.17) is 30.5 Å². The second-order valence-corrected chi connectivity index (χ2v) is 5.44. The van der Waals surface area contributed by atoms with E-state index in [9.17, 15) is 4.79 Å². The minimum absolute atomic E-state index is 0.0544. The van der Waals surface area contributed by atoms with E-state index in [1.165, 1.54) is 0 Å². The fraction of sp³-hybridized carbons (Fsp3) is 0.278. The first-order valence-electron chi connectivity index (χ1n) is 7.33. The average Bonchev–Trinajstić information content (AvgIpc) is 2.60. The van der Waals surface area contributed by atoms with Crippen molar-refractivity contribution in [1.29, 1.82) is 0 Å². The molecule has 0 spiro atoms. The maximum atomic E-state index is 12.1. The molecule has 0 aliphatic carbocycles. The Morgan fingerprint density at radius 1 is 1.04 bits per heavy atom. The highest BCUT2D eigenvalue weighted by atomic mass is 35.5. The number of hydrogen-bond acceptors (Lipinski definition) is 5. The summed E-state index contributed by atoms with van der Waals surface area (Å²) in [7, 11) is 3.13. The van der Waals surface area contributed by atoms with E-state index in [-0.39, 0.29) is 6.61 Å². The smallest absolute Gasteiger partial charge is 0.347 e.